The second-order valence-electron chi connectivity index (χ2n) is 5.57. The molecule has 1 unspecified atom stereocenters. The van der Waals surface area contributed by atoms with Gasteiger partial charge in [-0.05, 0) is 30.5 Å². The van der Waals surface area contributed by atoms with Gasteiger partial charge in [0.15, 0.2) is 0 Å². The lowest BCUT2D eigenvalue weighted by molar-refractivity contribution is -0.133. The molecule has 0 radical (unpaired) electrons. The SMILES string of the molecule is O=C(Cc1ccccc1)N1CCCC(Oc2ccncc2)C1. The van der Waals surface area contributed by atoms with Gasteiger partial charge in [0.1, 0.15) is 11.9 Å². The lowest BCUT2D eigenvalue weighted by atomic mass is 10.1. The van der Waals surface area contributed by atoms with E-state index in [1.165, 1.54) is 0 Å². The number of carbonyl (C=O) groups is 1. The van der Waals surface area contributed by atoms with Crippen LogP contribution in [0.5, 0.6) is 5.75 Å². The standard InChI is InChI=1S/C18H20N2O2/c21-18(13-15-5-2-1-3-6-15)20-12-4-7-17(14-20)22-16-8-10-19-11-9-16/h1-3,5-6,8-11,17H,4,7,12-14H2. The first-order chi connectivity index (χ1) is 10.8. The summed E-state index contributed by atoms with van der Waals surface area (Å²) in [5.74, 6) is 0.992. The van der Waals surface area contributed by atoms with E-state index in [1.54, 1.807) is 12.4 Å². The van der Waals surface area contributed by atoms with Gasteiger partial charge in [0.2, 0.25) is 5.91 Å². The van der Waals surface area contributed by atoms with Crippen molar-refractivity contribution in [3.8, 4) is 5.75 Å². The third-order valence-corrected chi connectivity index (χ3v) is 3.88. The predicted octanol–water partition coefficient (Wildman–Crippen LogP) is 2.69. The molecule has 114 valence electrons. The van der Waals surface area contributed by atoms with Gasteiger partial charge in [-0.3, -0.25) is 9.78 Å². The van der Waals surface area contributed by atoms with Crippen LogP contribution in [0.4, 0.5) is 0 Å². The molecular weight excluding hydrogens is 276 g/mol. The fraction of sp³-hybridized carbons (Fsp3) is 0.333. The van der Waals surface area contributed by atoms with Gasteiger partial charge in [-0.25, -0.2) is 0 Å². The molecule has 3 rings (SSSR count). The van der Waals surface area contributed by atoms with Gasteiger partial charge in [-0.2, -0.15) is 0 Å². The molecule has 2 aromatic rings. The molecule has 0 saturated carbocycles. The second kappa shape index (κ2) is 7.07. The molecule has 0 N–H and O–H groups in total. The van der Waals surface area contributed by atoms with E-state index in [2.05, 4.69) is 4.98 Å². The molecule has 1 saturated heterocycles. The van der Waals surface area contributed by atoms with Crippen molar-refractivity contribution in [3.05, 3.63) is 60.4 Å². The minimum Gasteiger partial charge on any atom is -0.488 e. The Kier molecular flexibility index (Phi) is 4.68. The number of amides is 1. The molecular formula is C18H20N2O2. The van der Waals surface area contributed by atoms with Crippen LogP contribution in [0.1, 0.15) is 18.4 Å². The first kappa shape index (κ1) is 14.6. The van der Waals surface area contributed by atoms with E-state index in [1.807, 2.05) is 47.4 Å². The molecule has 2 heterocycles. The first-order valence-electron chi connectivity index (χ1n) is 7.69. The zero-order chi connectivity index (χ0) is 15.2. The minimum atomic E-state index is 0.0656. The van der Waals surface area contributed by atoms with E-state index >= 15 is 0 Å². The van der Waals surface area contributed by atoms with Gasteiger partial charge in [0, 0.05) is 18.9 Å². The van der Waals surface area contributed by atoms with Gasteiger partial charge < -0.3 is 9.64 Å². The third-order valence-electron chi connectivity index (χ3n) is 3.88. The van der Waals surface area contributed by atoms with Crippen molar-refractivity contribution in [1.82, 2.24) is 9.88 Å². The Morgan fingerprint density at radius 3 is 2.73 bits per heavy atom. The Bertz CT molecular complexity index is 601. The van der Waals surface area contributed by atoms with E-state index < -0.39 is 0 Å². The molecule has 1 aromatic heterocycles. The summed E-state index contributed by atoms with van der Waals surface area (Å²) in [5, 5.41) is 0. The van der Waals surface area contributed by atoms with E-state index in [9.17, 15) is 4.79 Å². The summed E-state index contributed by atoms with van der Waals surface area (Å²) in [4.78, 5) is 18.3. The summed E-state index contributed by atoms with van der Waals surface area (Å²) in [5.41, 5.74) is 1.06. The average molecular weight is 296 g/mol. The fourth-order valence-electron chi connectivity index (χ4n) is 2.75. The number of carbonyl (C=O) groups excluding carboxylic acids is 1. The third kappa shape index (κ3) is 3.85. The average Bonchev–Trinajstić information content (AvgIpc) is 2.57. The van der Waals surface area contributed by atoms with Crippen LogP contribution in [0.15, 0.2) is 54.9 Å². The maximum atomic E-state index is 12.4. The van der Waals surface area contributed by atoms with Crippen LogP contribution >= 0.6 is 0 Å². The lowest BCUT2D eigenvalue weighted by Gasteiger charge is -2.33. The molecule has 1 atom stereocenters. The van der Waals surface area contributed by atoms with Gasteiger partial charge in [-0.1, -0.05) is 30.3 Å². The lowest BCUT2D eigenvalue weighted by Crippen LogP contribution is -2.45. The van der Waals surface area contributed by atoms with Crippen LogP contribution < -0.4 is 4.74 Å². The summed E-state index contributed by atoms with van der Waals surface area (Å²) in [7, 11) is 0. The van der Waals surface area contributed by atoms with Gasteiger partial charge >= 0.3 is 0 Å². The molecule has 0 aliphatic carbocycles. The summed E-state index contributed by atoms with van der Waals surface area (Å²) in [6, 6.07) is 13.6. The Labute approximate surface area is 130 Å². The van der Waals surface area contributed by atoms with Crippen LogP contribution in [-0.4, -0.2) is 35.0 Å². The fourth-order valence-corrected chi connectivity index (χ4v) is 2.75. The smallest absolute Gasteiger partial charge is 0.227 e. The minimum absolute atomic E-state index is 0.0656. The molecule has 1 aliphatic rings. The van der Waals surface area contributed by atoms with Crippen molar-refractivity contribution in [2.75, 3.05) is 13.1 Å². The quantitative estimate of drug-likeness (QED) is 0.871. The maximum absolute atomic E-state index is 12.4. The predicted molar refractivity (Wildman–Crippen MR) is 84.6 cm³/mol. The Morgan fingerprint density at radius 2 is 1.95 bits per heavy atom. The Hall–Kier alpha value is -2.36. The number of ether oxygens (including phenoxy) is 1. The molecule has 1 aromatic carbocycles. The highest BCUT2D eigenvalue weighted by atomic mass is 16.5. The summed E-state index contributed by atoms with van der Waals surface area (Å²) in [6.45, 7) is 1.48. The Morgan fingerprint density at radius 1 is 1.18 bits per heavy atom. The summed E-state index contributed by atoms with van der Waals surface area (Å²) < 4.78 is 5.95. The number of hydrogen-bond donors (Lipinski definition) is 0. The molecule has 1 aliphatic heterocycles. The van der Waals surface area contributed by atoms with Crippen LogP contribution in [0.25, 0.3) is 0 Å². The second-order valence-corrected chi connectivity index (χ2v) is 5.57. The van der Waals surface area contributed by atoms with E-state index in [-0.39, 0.29) is 12.0 Å². The van der Waals surface area contributed by atoms with Crippen molar-refractivity contribution < 1.29 is 9.53 Å². The highest BCUT2D eigenvalue weighted by Gasteiger charge is 2.24. The van der Waals surface area contributed by atoms with Crippen molar-refractivity contribution >= 4 is 5.91 Å². The first-order valence-corrected chi connectivity index (χ1v) is 7.69. The van der Waals surface area contributed by atoms with Crippen LogP contribution in [0.3, 0.4) is 0 Å². The van der Waals surface area contributed by atoms with Crippen molar-refractivity contribution in [1.29, 1.82) is 0 Å². The van der Waals surface area contributed by atoms with Crippen molar-refractivity contribution in [2.24, 2.45) is 0 Å². The number of hydrogen-bond acceptors (Lipinski definition) is 3. The molecule has 0 spiro atoms. The Balaban J connectivity index is 1.57. The van der Waals surface area contributed by atoms with Gasteiger partial charge in [0.25, 0.3) is 0 Å². The zero-order valence-electron chi connectivity index (χ0n) is 12.5. The highest BCUT2D eigenvalue weighted by Crippen LogP contribution is 2.18. The molecule has 1 fully saturated rings. The van der Waals surface area contributed by atoms with Crippen molar-refractivity contribution in [3.63, 3.8) is 0 Å². The van der Waals surface area contributed by atoms with Crippen LogP contribution in [0, 0.1) is 0 Å². The molecule has 1 amide bonds. The number of pyridine rings is 1. The monoisotopic (exact) mass is 296 g/mol. The molecule has 4 heteroatoms. The van der Waals surface area contributed by atoms with Crippen LogP contribution in [-0.2, 0) is 11.2 Å². The van der Waals surface area contributed by atoms with E-state index in [4.69, 9.17) is 4.74 Å². The summed E-state index contributed by atoms with van der Waals surface area (Å²) in [6.07, 6.45) is 5.93. The normalized spacial score (nSPS) is 18.0. The topological polar surface area (TPSA) is 42.4 Å². The number of aromatic nitrogens is 1. The number of nitrogens with zero attached hydrogens (tertiary/aromatic N) is 2. The number of piperidine rings is 1. The maximum Gasteiger partial charge on any atom is 0.227 e. The molecule has 22 heavy (non-hydrogen) atoms. The van der Waals surface area contributed by atoms with Gasteiger partial charge in [0.05, 0.1) is 13.0 Å². The highest BCUT2D eigenvalue weighted by molar-refractivity contribution is 5.78. The van der Waals surface area contributed by atoms with Crippen LogP contribution in [0.2, 0.25) is 0 Å². The number of rotatable bonds is 4. The molecule has 4 nitrogen and oxygen atoms in total. The largest absolute Gasteiger partial charge is 0.488 e. The summed E-state index contributed by atoms with van der Waals surface area (Å²) >= 11 is 0. The number of likely N-dealkylation sites (tertiary alicyclic amines) is 1. The van der Waals surface area contributed by atoms with E-state index in [0.29, 0.717) is 13.0 Å². The van der Waals surface area contributed by atoms with E-state index in [0.717, 1.165) is 30.7 Å². The zero-order valence-corrected chi connectivity index (χ0v) is 12.5. The number of benzene rings is 1. The van der Waals surface area contributed by atoms with Crippen molar-refractivity contribution in [2.45, 2.75) is 25.4 Å². The van der Waals surface area contributed by atoms with Gasteiger partial charge in [-0.15, -0.1) is 0 Å². The molecule has 0 bridgehead atoms.